The molecule has 4 aromatic rings. The van der Waals surface area contributed by atoms with Gasteiger partial charge < -0.3 is 10.2 Å². The second kappa shape index (κ2) is 9.18. The molecule has 2 aromatic heterocycles. The number of halogens is 1. The molecule has 0 aliphatic rings. The van der Waals surface area contributed by atoms with Gasteiger partial charge in [-0.3, -0.25) is 4.98 Å². The van der Waals surface area contributed by atoms with Gasteiger partial charge in [-0.25, -0.2) is 14.4 Å². The van der Waals surface area contributed by atoms with Crippen molar-refractivity contribution in [3.05, 3.63) is 72.4 Å². The van der Waals surface area contributed by atoms with Crippen LogP contribution in [0.5, 0.6) is 0 Å². The smallest absolute Gasteiger partial charge is 0.137 e. The summed E-state index contributed by atoms with van der Waals surface area (Å²) in [6.45, 7) is 3.61. The predicted octanol–water partition coefficient (Wildman–Crippen LogP) is 5.17. The van der Waals surface area contributed by atoms with Crippen LogP contribution in [0.2, 0.25) is 0 Å². The van der Waals surface area contributed by atoms with Crippen LogP contribution >= 0.6 is 0 Å². The van der Waals surface area contributed by atoms with Gasteiger partial charge in [-0.1, -0.05) is 12.1 Å². The first-order valence-corrected chi connectivity index (χ1v) is 10.4. The van der Waals surface area contributed by atoms with E-state index in [0.29, 0.717) is 5.56 Å². The van der Waals surface area contributed by atoms with Crippen molar-refractivity contribution >= 4 is 16.7 Å². The van der Waals surface area contributed by atoms with Crippen molar-refractivity contribution < 1.29 is 4.39 Å². The number of hydrogen-bond donors (Lipinski definition) is 1. The zero-order valence-electron chi connectivity index (χ0n) is 18.1. The Balaban J connectivity index is 1.72. The molecule has 2 heterocycles. The largest absolute Gasteiger partial charge is 0.369 e. The first-order valence-electron chi connectivity index (χ1n) is 10.4. The molecule has 5 nitrogen and oxygen atoms in total. The summed E-state index contributed by atoms with van der Waals surface area (Å²) in [5, 5.41) is 4.41. The number of hydrogen-bond acceptors (Lipinski definition) is 5. The van der Waals surface area contributed by atoms with E-state index in [-0.39, 0.29) is 5.82 Å². The number of aromatic nitrogens is 3. The molecule has 0 saturated carbocycles. The Morgan fingerprint density at radius 1 is 0.968 bits per heavy atom. The second-order valence-corrected chi connectivity index (χ2v) is 7.90. The number of aryl methyl sites for hydroxylation is 1. The molecular formula is C25H26FN5. The summed E-state index contributed by atoms with van der Waals surface area (Å²) >= 11 is 0. The van der Waals surface area contributed by atoms with Gasteiger partial charge in [-0.05, 0) is 81.5 Å². The van der Waals surface area contributed by atoms with Gasteiger partial charge in [0.2, 0.25) is 0 Å². The zero-order valence-corrected chi connectivity index (χ0v) is 18.1. The molecule has 0 amide bonds. The van der Waals surface area contributed by atoms with E-state index >= 15 is 0 Å². The van der Waals surface area contributed by atoms with Crippen molar-refractivity contribution in [2.45, 2.75) is 13.3 Å². The highest BCUT2D eigenvalue weighted by Crippen LogP contribution is 2.33. The third-order valence-corrected chi connectivity index (χ3v) is 5.26. The van der Waals surface area contributed by atoms with Gasteiger partial charge in [-0.15, -0.1) is 0 Å². The lowest BCUT2D eigenvalue weighted by molar-refractivity contribution is 0.405. The highest BCUT2D eigenvalue weighted by molar-refractivity contribution is 5.94. The van der Waals surface area contributed by atoms with Gasteiger partial charge >= 0.3 is 0 Å². The second-order valence-electron chi connectivity index (χ2n) is 7.90. The highest BCUT2D eigenvalue weighted by Gasteiger charge is 2.12. The fraction of sp³-hybridized carbons (Fsp3) is 0.240. The van der Waals surface area contributed by atoms with Crippen LogP contribution in [0, 0.1) is 12.7 Å². The summed E-state index contributed by atoms with van der Waals surface area (Å²) in [6, 6.07) is 15.2. The van der Waals surface area contributed by atoms with Crippen molar-refractivity contribution in [2.24, 2.45) is 0 Å². The molecule has 158 valence electrons. The molecule has 0 unspecified atom stereocenters. The van der Waals surface area contributed by atoms with Crippen LogP contribution in [0.25, 0.3) is 33.3 Å². The molecule has 0 spiro atoms. The van der Waals surface area contributed by atoms with Crippen LogP contribution in [0.15, 0.2) is 61.1 Å². The quantitative estimate of drug-likeness (QED) is 0.422. The van der Waals surface area contributed by atoms with E-state index in [1.165, 1.54) is 6.07 Å². The Morgan fingerprint density at radius 3 is 2.61 bits per heavy atom. The normalized spacial score (nSPS) is 11.3. The Bertz CT molecular complexity index is 1210. The van der Waals surface area contributed by atoms with Gasteiger partial charge in [0.05, 0.1) is 11.2 Å². The molecule has 4 rings (SSSR count). The zero-order chi connectivity index (χ0) is 21.8. The van der Waals surface area contributed by atoms with Crippen LogP contribution in [0.3, 0.4) is 0 Å². The van der Waals surface area contributed by atoms with Gasteiger partial charge in [0.15, 0.2) is 0 Å². The first-order chi connectivity index (χ1) is 15.0. The van der Waals surface area contributed by atoms with Crippen LogP contribution < -0.4 is 5.32 Å². The van der Waals surface area contributed by atoms with E-state index < -0.39 is 0 Å². The third-order valence-electron chi connectivity index (χ3n) is 5.26. The average Bonchev–Trinajstić information content (AvgIpc) is 2.78. The molecule has 0 aliphatic carbocycles. The Kier molecular flexibility index (Phi) is 6.18. The predicted molar refractivity (Wildman–Crippen MR) is 125 cm³/mol. The molecule has 1 N–H and O–H groups in total. The van der Waals surface area contributed by atoms with Crippen LogP contribution in [-0.2, 0) is 0 Å². The minimum Gasteiger partial charge on any atom is -0.369 e. The maximum absolute atomic E-state index is 13.8. The van der Waals surface area contributed by atoms with E-state index in [0.717, 1.165) is 58.6 Å². The van der Waals surface area contributed by atoms with Gasteiger partial charge in [0, 0.05) is 29.3 Å². The number of rotatable bonds is 7. The maximum Gasteiger partial charge on any atom is 0.137 e. The van der Waals surface area contributed by atoms with Crippen molar-refractivity contribution in [3.63, 3.8) is 0 Å². The van der Waals surface area contributed by atoms with Crippen molar-refractivity contribution in [1.82, 2.24) is 19.9 Å². The summed E-state index contributed by atoms with van der Waals surface area (Å²) in [7, 11) is 4.14. The molecule has 0 fully saturated rings. The molecule has 31 heavy (non-hydrogen) atoms. The van der Waals surface area contributed by atoms with E-state index in [4.69, 9.17) is 0 Å². The van der Waals surface area contributed by atoms with Crippen LogP contribution in [0.1, 0.15) is 12.0 Å². The lowest BCUT2D eigenvalue weighted by atomic mass is 9.97. The van der Waals surface area contributed by atoms with Crippen LogP contribution in [-0.4, -0.2) is 47.0 Å². The summed E-state index contributed by atoms with van der Waals surface area (Å²) in [4.78, 5) is 15.7. The Morgan fingerprint density at radius 2 is 1.81 bits per heavy atom. The number of fused-ring (bicyclic) bond motifs is 1. The standard InChI is InChI=1S/C25H26FN5/c1-17-14-19(7-9-22(17)26)24-20(6-4-11-27-24)18-8-10-23-21(15-18)25(30-16-29-23)28-12-5-13-31(2)3/h4,6-11,14-16H,5,12-13H2,1-3H3,(H,28,29,30). The fourth-order valence-corrected chi connectivity index (χ4v) is 3.63. The summed E-state index contributed by atoms with van der Waals surface area (Å²) < 4.78 is 13.8. The molecule has 0 radical (unpaired) electrons. The van der Waals surface area contributed by atoms with E-state index in [1.807, 2.05) is 30.3 Å². The van der Waals surface area contributed by atoms with E-state index in [9.17, 15) is 4.39 Å². The molecule has 0 aliphatic heterocycles. The lowest BCUT2D eigenvalue weighted by Crippen LogP contribution is -2.16. The molecule has 0 saturated heterocycles. The molecule has 2 aromatic carbocycles. The minimum absolute atomic E-state index is 0.214. The van der Waals surface area contributed by atoms with E-state index in [1.54, 1.807) is 25.5 Å². The average molecular weight is 416 g/mol. The monoisotopic (exact) mass is 415 g/mol. The molecule has 0 atom stereocenters. The first kappa shape index (κ1) is 20.9. The van der Waals surface area contributed by atoms with Crippen LogP contribution in [0.4, 0.5) is 10.2 Å². The number of nitrogens with one attached hydrogen (secondary N) is 1. The number of pyridine rings is 1. The van der Waals surface area contributed by atoms with Crippen molar-refractivity contribution in [3.8, 4) is 22.4 Å². The molecular weight excluding hydrogens is 389 g/mol. The third kappa shape index (κ3) is 4.70. The lowest BCUT2D eigenvalue weighted by Gasteiger charge is -2.13. The van der Waals surface area contributed by atoms with Crippen molar-refractivity contribution in [1.29, 1.82) is 0 Å². The Labute approximate surface area is 182 Å². The summed E-state index contributed by atoms with van der Waals surface area (Å²) in [5.74, 6) is 0.614. The summed E-state index contributed by atoms with van der Waals surface area (Å²) in [6.07, 6.45) is 4.38. The van der Waals surface area contributed by atoms with E-state index in [2.05, 4.69) is 45.3 Å². The van der Waals surface area contributed by atoms with Crippen molar-refractivity contribution in [2.75, 3.05) is 32.5 Å². The SMILES string of the molecule is Cc1cc(-c2ncccc2-c2ccc3ncnc(NCCCN(C)C)c3c2)ccc1F. The number of benzene rings is 2. The minimum atomic E-state index is -0.214. The fourth-order valence-electron chi connectivity index (χ4n) is 3.63. The van der Waals surface area contributed by atoms with Gasteiger partial charge in [0.25, 0.3) is 0 Å². The number of nitrogens with zero attached hydrogens (tertiary/aromatic N) is 4. The summed E-state index contributed by atoms with van der Waals surface area (Å²) in [5.41, 5.74) is 5.20. The molecule has 0 bridgehead atoms. The highest BCUT2D eigenvalue weighted by atomic mass is 19.1. The Hall–Kier alpha value is -3.38. The maximum atomic E-state index is 13.8. The molecule has 6 heteroatoms. The van der Waals surface area contributed by atoms with Gasteiger partial charge in [-0.2, -0.15) is 0 Å². The van der Waals surface area contributed by atoms with Gasteiger partial charge in [0.1, 0.15) is 18.0 Å². The number of anilines is 1. The topological polar surface area (TPSA) is 53.9 Å².